The highest BCUT2D eigenvalue weighted by Crippen LogP contribution is 2.50. The normalized spacial score (nSPS) is 17.5. The van der Waals surface area contributed by atoms with Crippen LogP contribution in [0.15, 0.2) is 82.6 Å². The Morgan fingerprint density at radius 2 is 1.06 bits per heavy atom. The van der Waals surface area contributed by atoms with Gasteiger partial charge in [-0.3, -0.25) is 38.3 Å². The van der Waals surface area contributed by atoms with Crippen molar-refractivity contribution in [2.75, 3.05) is 87.6 Å². The van der Waals surface area contributed by atoms with Gasteiger partial charge in [0.15, 0.2) is 11.6 Å². The number of nitrogens with zero attached hydrogens (tertiary/aromatic N) is 10. The molecule has 4 aromatic heterocycles. The first kappa shape index (κ1) is 74.4. The molecular formula is C76H85ClF5N11O10. The van der Waals surface area contributed by atoms with Crippen molar-refractivity contribution in [3.8, 4) is 45.1 Å². The molecule has 0 spiro atoms. The fraction of sp³-hybridized carbons (Fsp3) is 0.421. The smallest absolute Gasteiger partial charge is 0.410 e. The van der Waals surface area contributed by atoms with Crippen molar-refractivity contribution in [1.29, 1.82) is 0 Å². The van der Waals surface area contributed by atoms with Gasteiger partial charge in [-0.1, -0.05) is 51.4 Å². The molecule has 0 radical (unpaired) electrons. The van der Waals surface area contributed by atoms with Crippen LogP contribution in [0.4, 0.5) is 54.3 Å². The number of piperazine rings is 2. The van der Waals surface area contributed by atoms with E-state index in [4.69, 9.17) is 30.5 Å². The lowest BCUT2D eigenvalue weighted by Gasteiger charge is -2.50. The third kappa shape index (κ3) is 13.3. The highest BCUT2D eigenvalue weighted by molar-refractivity contribution is 6.35. The second kappa shape index (κ2) is 28.1. The third-order valence-electron chi connectivity index (χ3n) is 18.8. The Bertz CT molecular complexity index is 4920. The number of methoxy groups -OCH3 is 2. The maximum absolute atomic E-state index is 17.7. The van der Waals surface area contributed by atoms with Gasteiger partial charge in [-0.15, -0.1) is 0 Å². The van der Waals surface area contributed by atoms with Gasteiger partial charge in [-0.25, -0.2) is 31.5 Å². The molecule has 12 rings (SSSR count). The van der Waals surface area contributed by atoms with Crippen molar-refractivity contribution in [2.24, 2.45) is 0 Å². The van der Waals surface area contributed by atoms with Crippen LogP contribution in [-0.4, -0.2) is 161 Å². The fourth-order valence-corrected chi connectivity index (χ4v) is 14.5. The zero-order valence-electron chi connectivity index (χ0n) is 61.0. The van der Waals surface area contributed by atoms with Crippen LogP contribution >= 0.6 is 11.6 Å². The van der Waals surface area contributed by atoms with E-state index in [1.54, 1.807) is 104 Å². The van der Waals surface area contributed by atoms with Gasteiger partial charge in [0.1, 0.15) is 63.6 Å². The van der Waals surface area contributed by atoms with Crippen LogP contribution in [0.3, 0.4) is 0 Å². The van der Waals surface area contributed by atoms with E-state index in [1.165, 1.54) is 69.9 Å². The Labute approximate surface area is 598 Å². The molecule has 21 nitrogen and oxygen atoms in total. The lowest BCUT2D eigenvalue weighted by atomic mass is 9.94. The number of carbonyl (C=O) groups excluding carboxylic acids is 4. The lowest BCUT2D eigenvalue weighted by Crippen LogP contribution is -2.67. The average molecular weight is 1440 g/mol. The van der Waals surface area contributed by atoms with Gasteiger partial charge in [0, 0.05) is 67.0 Å². The molecule has 0 bridgehead atoms. The molecule has 0 aliphatic carbocycles. The summed E-state index contributed by atoms with van der Waals surface area (Å²) in [5, 5.41) is 2.83. The summed E-state index contributed by atoms with van der Waals surface area (Å²) in [6.45, 7) is 25.6. The maximum atomic E-state index is 17.7. The quantitative estimate of drug-likeness (QED) is 0.120. The SMILES string of the molecule is COc1cccc(F)c1-c1c(Cl)cc2c3c(c(=O)n(-c4c(C)ccnc4C(C)C)c2c1F)NC(=O)[C@H]1CN(C(=O)OC(C)(C)C)[C@H](C)CN31.COc1cccc(F)c1-c1c(F)cc2c3c(c(=O)n(-c4c(C)ccnc4C(C)C)c2c1F)N(CCN(C)C)C(=O)[C@H]1CN(C(=O)OC(C)(C)C)[C@H](C)CN31. The number of anilines is 4. The van der Waals surface area contributed by atoms with Gasteiger partial charge in [0.05, 0.1) is 94.2 Å². The molecule has 8 heterocycles. The number of hydrogen-bond acceptors (Lipinski definition) is 15. The Kier molecular flexibility index (Phi) is 20.3. The molecule has 4 aromatic carbocycles. The van der Waals surface area contributed by atoms with Crippen LogP contribution < -0.4 is 40.6 Å². The molecule has 27 heteroatoms. The molecule has 2 fully saturated rings. The summed E-state index contributed by atoms with van der Waals surface area (Å²) >= 11 is 6.86. The number of benzene rings is 4. The van der Waals surface area contributed by atoms with E-state index < -0.39 is 111 Å². The van der Waals surface area contributed by atoms with Crippen LogP contribution in [-0.2, 0) is 19.1 Å². The largest absolute Gasteiger partial charge is 0.496 e. The number of pyridine rings is 4. The number of aryl methyl sites for hydroxylation is 2. The molecule has 2 saturated heterocycles. The third-order valence-corrected chi connectivity index (χ3v) is 19.1. The number of fused-ring (bicyclic) bond motifs is 10. The summed E-state index contributed by atoms with van der Waals surface area (Å²) in [5.41, 5.74) is -2.11. The molecule has 4 amide bonds. The highest BCUT2D eigenvalue weighted by atomic mass is 35.5. The summed E-state index contributed by atoms with van der Waals surface area (Å²) in [5.74, 6) is -6.40. The summed E-state index contributed by atoms with van der Waals surface area (Å²) in [7, 11) is 6.26. The number of ether oxygens (including phenoxy) is 4. The van der Waals surface area contributed by atoms with Crippen molar-refractivity contribution in [2.45, 2.75) is 144 Å². The van der Waals surface area contributed by atoms with E-state index in [0.717, 1.165) is 16.7 Å². The van der Waals surface area contributed by atoms with Gasteiger partial charge < -0.3 is 53.7 Å². The first-order chi connectivity index (χ1) is 48.4. The lowest BCUT2D eigenvalue weighted by molar-refractivity contribution is -0.121. The molecule has 4 atom stereocenters. The predicted molar refractivity (Wildman–Crippen MR) is 388 cm³/mol. The zero-order chi connectivity index (χ0) is 75.2. The van der Waals surface area contributed by atoms with Crippen LogP contribution in [0, 0.1) is 42.9 Å². The second-order valence-electron chi connectivity index (χ2n) is 29.3. The highest BCUT2D eigenvalue weighted by Gasteiger charge is 2.50. The summed E-state index contributed by atoms with van der Waals surface area (Å²) in [4.78, 5) is 104. The van der Waals surface area contributed by atoms with Gasteiger partial charge in [-0.05, 0) is 155 Å². The minimum atomic E-state index is -1.19. The van der Waals surface area contributed by atoms with Crippen molar-refractivity contribution in [3.63, 3.8) is 0 Å². The molecule has 1 N–H and O–H groups in total. The number of likely N-dealkylation sites (N-methyl/N-ethyl adjacent to an activating group) is 1. The molecular weight excluding hydrogens is 1360 g/mol. The summed E-state index contributed by atoms with van der Waals surface area (Å²) in [6, 6.07) is 11.0. The number of hydrogen-bond donors (Lipinski definition) is 1. The molecule has 546 valence electrons. The van der Waals surface area contributed by atoms with Crippen LogP contribution in [0.2, 0.25) is 5.02 Å². The van der Waals surface area contributed by atoms with Crippen molar-refractivity contribution >= 4 is 80.2 Å². The first-order valence-corrected chi connectivity index (χ1v) is 34.4. The van der Waals surface area contributed by atoms with Gasteiger partial charge in [-0.2, -0.15) is 0 Å². The van der Waals surface area contributed by atoms with Crippen LogP contribution in [0.25, 0.3) is 55.4 Å². The molecule has 0 saturated carbocycles. The number of rotatable bonds is 11. The van der Waals surface area contributed by atoms with E-state index in [1.807, 2.05) is 46.7 Å². The maximum Gasteiger partial charge on any atom is 0.410 e. The van der Waals surface area contributed by atoms with Crippen molar-refractivity contribution in [3.05, 3.63) is 150 Å². The number of aromatic nitrogens is 4. The Hall–Kier alpha value is -9.82. The number of amides is 4. The standard InChI is InChI=1S/C40H47F3N6O5.C36H38ClF2N5O5/c1-21(2)32-33(22(3)14-15-44-32)49-34-24(18-26(42)30(31(34)43)29-25(41)12-11-13-28(29)53-10)35-36(38(49)51)46(17-16-45(8)9)37(50)27-20-47(23(4)19-48(27)35)39(52)54-40(5,6)7;1-17(2)28-30(18(3)12-13-40-28)44-31-20(14-21(37)25(27(31)39)26-22(38)10-9-11-24(26)48-8)32-29(34(44)46)41-33(45)23-16-42(19(4)15-43(23)32)35(47)49-36(5,6)7/h11-15,18,21,23,27H,16-17,19-20H2,1-10H3;9-14,17,19,23H,15-16H2,1-8H3,(H,41,45)/t23-,27-;19-,23-/m11/s1. The Morgan fingerprint density at radius 1 is 0.602 bits per heavy atom. The zero-order valence-corrected chi connectivity index (χ0v) is 61.7. The van der Waals surface area contributed by atoms with Crippen molar-refractivity contribution in [1.82, 2.24) is 33.8 Å². The van der Waals surface area contributed by atoms with Gasteiger partial charge >= 0.3 is 12.2 Å². The Morgan fingerprint density at radius 3 is 1.53 bits per heavy atom. The van der Waals surface area contributed by atoms with E-state index in [0.29, 0.717) is 34.7 Å². The van der Waals surface area contributed by atoms with Crippen LogP contribution in [0.1, 0.15) is 117 Å². The van der Waals surface area contributed by atoms with Crippen LogP contribution in [0.5, 0.6) is 11.5 Å². The van der Waals surface area contributed by atoms with Crippen molar-refractivity contribution < 1.29 is 60.1 Å². The average Bonchev–Trinajstić information content (AvgIpc) is 0.715. The van der Waals surface area contributed by atoms with Gasteiger partial charge in [0.25, 0.3) is 17.0 Å². The second-order valence-corrected chi connectivity index (χ2v) is 29.7. The number of halogens is 6. The minimum absolute atomic E-state index is 0.0121. The topological polar surface area (TPSA) is 206 Å². The monoisotopic (exact) mass is 1440 g/mol. The van der Waals surface area contributed by atoms with E-state index in [2.05, 4.69) is 15.3 Å². The molecule has 0 unspecified atom stereocenters. The molecule has 4 aliphatic heterocycles. The predicted octanol–water partition coefficient (Wildman–Crippen LogP) is 13.8. The number of carbonyl (C=O) groups is 4. The van der Waals surface area contributed by atoms with E-state index >= 15 is 26.7 Å². The first-order valence-electron chi connectivity index (χ1n) is 34.0. The van der Waals surface area contributed by atoms with Gasteiger partial charge in [0.2, 0.25) is 5.91 Å². The summed E-state index contributed by atoms with van der Waals surface area (Å²) < 4.78 is 108. The summed E-state index contributed by atoms with van der Waals surface area (Å²) in [6.07, 6.45) is 2.02. The molecule has 8 aromatic rings. The van der Waals surface area contributed by atoms with E-state index in [-0.39, 0.29) is 122 Å². The molecule has 4 aliphatic rings. The fourth-order valence-electron chi connectivity index (χ4n) is 14.2. The minimum Gasteiger partial charge on any atom is -0.496 e. The Balaban J connectivity index is 0.000000208. The number of nitrogens with one attached hydrogen (secondary N) is 1. The van der Waals surface area contributed by atoms with E-state index in [9.17, 15) is 24.0 Å². The molecule has 103 heavy (non-hydrogen) atoms.